The van der Waals surface area contributed by atoms with Gasteiger partial charge in [0.1, 0.15) is 0 Å². The fraction of sp³-hybridized carbons (Fsp3) is 0.600. The lowest BCUT2D eigenvalue weighted by molar-refractivity contribution is 0.143. The Labute approximate surface area is 118 Å². The minimum atomic E-state index is 0.674. The molecule has 2 rings (SSSR count). The SMILES string of the molecule is COCC1CCCN(c2ccc(C)cc2CBr)C1. The van der Waals surface area contributed by atoms with Gasteiger partial charge in [-0.25, -0.2) is 0 Å². The van der Waals surface area contributed by atoms with Gasteiger partial charge in [-0.05, 0) is 37.3 Å². The standard InChI is InChI=1S/C15H22BrNO/c1-12-5-6-15(14(8-12)9-16)17-7-3-4-13(10-17)11-18-2/h5-6,8,13H,3-4,7,9-11H2,1-2H3. The maximum Gasteiger partial charge on any atom is 0.0507 e. The third-order valence-corrected chi connectivity index (χ3v) is 4.25. The van der Waals surface area contributed by atoms with Crippen molar-refractivity contribution >= 4 is 21.6 Å². The molecule has 0 aliphatic carbocycles. The molecule has 1 aromatic carbocycles. The Bertz CT molecular complexity index is 392. The van der Waals surface area contributed by atoms with E-state index in [0.717, 1.165) is 18.5 Å². The molecule has 0 spiro atoms. The van der Waals surface area contributed by atoms with Gasteiger partial charge >= 0.3 is 0 Å². The molecule has 0 saturated carbocycles. The minimum absolute atomic E-state index is 0.674. The van der Waals surface area contributed by atoms with Crippen molar-refractivity contribution in [2.24, 2.45) is 5.92 Å². The fourth-order valence-corrected chi connectivity index (χ4v) is 3.23. The number of benzene rings is 1. The van der Waals surface area contributed by atoms with Gasteiger partial charge in [-0.2, -0.15) is 0 Å². The van der Waals surface area contributed by atoms with Gasteiger partial charge in [0.25, 0.3) is 0 Å². The van der Waals surface area contributed by atoms with Crippen LogP contribution in [0.3, 0.4) is 0 Å². The van der Waals surface area contributed by atoms with Gasteiger partial charge in [0.15, 0.2) is 0 Å². The molecule has 1 fully saturated rings. The summed E-state index contributed by atoms with van der Waals surface area (Å²) in [5, 5.41) is 0.926. The molecule has 0 amide bonds. The van der Waals surface area contributed by atoms with Crippen LogP contribution in [-0.2, 0) is 10.1 Å². The van der Waals surface area contributed by atoms with Crippen molar-refractivity contribution in [2.45, 2.75) is 25.1 Å². The normalized spacial score (nSPS) is 20.2. The molecule has 1 aromatic rings. The van der Waals surface area contributed by atoms with E-state index in [4.69, 9.17) is 4.74 Å². The number of halogens is 1. The molecule has 100 valence electrons. The van der Waals surface area contributed by atoms with Crippen molar-refractivity contribution in [2.75, 3.05) is 31.7 Å². The van der Waals surface area contributed by atoms with Crippen LogP contribution < -0.4 is 4.90 Å². The van der Waals surface area contributed by atoms with E-state index < -0.39 is 0 Å². The second-order valence-electron chi connectivity index (χ2n) is 5.18. The van der Waals surface area contributed by atoms with Crippen molar-refractivity contribution in [3.8, 4) is 0 Å². The summed E-state index contributed by atoms with van der Waals surface area (Å²) in [4.78, 5) is 2.52. The number of alkyl halides is 1. The molecule has 1 unspecified atom stereocenters. The molecule has 1 saturated heterocycles. The average Bonchev–Trinajstić information content (AvgIpc) is 2.39. The van der Waals surface area contributed by atoms with Gasteiger partial charge in [-0.1, -0.05) is 33.6 Å². The van der Waals surface area contributed by atoms with E-state index in [2.05, 4.69) is 46.0 Å². The maximum absolute atomic E-state index is 5.31. The van der Waals surface area contributed by atoms with Crippen molar-refractivity contribution in [1.82, 2.24) is 0 Å². The predicted octanol–water partition coefficient (Wildman–Crippen LogP) is 3.75. The topological polar surface area (TPSA) is 12.5 Å². The van der Waals surface area contributed by atoms with Crippen molar-refractivity contribution < 1.29 is 4.74 Å². The number of hydrogen-bond acceptors (Lipinski definition) is 2. The Morgan fingerprint density at radius 2 is 2.28 bits per heavy atom. The Morgan fingerprint density at radius 3 is 3.00 bits per heavy atom. The van der Waals surface area contributed by atoms with Gasteiger partial charge in [-0.15, -0.1) is 0 Å². The van der Waals surface area contributed by atoms with Crippen molar-refractivity contribution in [3.05, 3.63) is 29.3 Å². The lowest BCUT2D eigenvalue weighted by Crippen LogP contribution is -2.37. The molecular weight excluding hydrogens is 290 g/mol. The summed E-state index contributed by atoms with van der Waals surface area (Å²) in [7, 11) is 1.80. The van der Waals surface area contributed by atoms with Gasteiger partial charge in [-0.3, -0.25) is 0 Å². The minimum Gasteiger partial charge on any atom is -0.384 e. The first kappa shape index (κ1) is 13.9. The van der Waals surface area contributed by atoms with E-state index in [-0.39, 0.29) is 0 Å². The maximum atomic E-state index is 5.31. The number of piperidine rings is 1. The fourth-order valence-electron chi connectivity index (χ4n) is 2.79. The lowest BCUT2D eigenvalue weighted by atomic mass is 9.97. The Balaban J connectivity index is 2.15. The number of anilines is 1. The molecular formula is C15H22BrNO. The molecule has 2 nitrogen and oxygen atoms in total. The van der Waals surface area contributed by atoms with Gasteiger partial charge in [0.2, 0.25) is 0 Å². The zero-order valence-electron chi connectivity index (χ0n) is 11.3. The largest absolute Gasteiger partial charge is 0.384 e. The van der Waals surface area contributed by atoms with Crippen LogP contribution in [0.2, 0.25) is 0 Å². The Hall–Kier alpha value is -0.540. The summed E-state index contributed by atoms with van der Waals surface area (Å²) < 4.78 is 5.31. The molecule has 1 aliphatic rings. The highest BCUT2D eigenvalue weighted by molar-refractivity contribution is 9.08. The first-order chi connectivity index (χ1) is 8.74. The number of hydrogen-bond donors (Lipinski definition) is 0. The van der Waals surface area contributed by atoms with E-state index in [9.17, 15) is 0 Å². The second kappa shape index (κ2) is 6.58. The summed E-state index contributed by atoms with van der Waals surface area (Å²) in [6.07, 6.45) is 2.56. The van der Waals surface area contributed by atoms with Gasteiger partial charge in [0, 0.05) is 31.2 Å². The number of methoxy groups -OCH3 is 1. The van der Waals surface area contributed by atoms with Crippen molar-refractivity contribution in [1.29, 1.82) is 0 Å². The van der Waals surface area contributed by atoms with E-state index in [1.165, 1.54) is 36.2 Å². The highest BCUT2D eigenvalue weighted by Gasteiger charge is 2.21. The Kier molecular flexibility index (Phi) is 5.07. The smallest absolute Gasteiger partial charge is 0.0507 e. The summed E-state index contributed by atoms with van der Waals surface area (Å²) in [5.74, 6) is 0.674. The average molecular weight is 312 g/mol. The van der Waals surface area contributed by atoms with Crippen LogP contribution in [0.4, 0.5) is 5.69 Å². The van der Waals surface area contributed by atoms with Crippen LogP contribution >= 0.6 is 15.9 Å². The summed E-state index contributed by atoms with van der Waals surface area (Å²) in [6.45, 7) is 5.33. The molecule has 1 heterocycles. The van der Waals surface area contributed by atoms with Crippen LogP contribution in [0.25, 0.3) is 0 Å². The molecule has 0 bridgehead atoms. The van der Waals surface area contributed by atoms with E-state index in [0.29, 0.717) is 5.92 Å². The molecule has 0 aromatic heterocycles. The second-order valence-corrected chi connectivity index (χ2v) is 5.74. The van der Waals surface area contributed by atoms with E-state index in [1.54, 1.807) is 7.11 Å². The summed E-state index contributed by atoms with van der Waals surface area (Å²) in [6, 6.07) is 6.76. The molecule has 1 atom stereocenters. The number of ether oxygens (including phenoxy) is 1. The van der Waals surface area contributed by atoms with E-state index >= 15 is 0 Å². The van der Waals surface area contributed by atoms with Crippen LogP contribution in [-0.4, -0.2) is 26.8 Å². The third-order valence-electron chi connectivity index (χ3n) is 3.64. The van der Waals surface area contributed by atoms with Crippen LogP contribution in [0.1, 0.15) is 24.0 Å². The highest BCUT2D eigenvalue weighted by Crippen LogP contribution is 2.28. The number of rotatable bonds is 4. The summed E-state index contributed by atoms with van der Waals surface area (Å²) >= 11 is 3.60. The lowest BCUT2D eigenvalue weighted by Gasteiger charge is -2.35. The summed E-state index contributed by atoms with van der Waals surface area (Å²) in [5.41, 5.74) is 4.12. The van der Waals surface area contributed by atoms with Crippen LogP contribution in [0.5, 0.6) is 0 Å². The first-order valence-electron chi connectivity index (χ1n) is 6.64. The number of nitrogens with zero attached hydrogens (tertiary/aromatic N) is 1. The monoisotopic (exact) mass is 311 g/mol. The Morgan fingerprint density at radius 1 is 1.44 bits per heavy atom. The first-order valence-corrected chi connectivity index (χ1v) is 7.76. The van der Waals surface area contributed by atoms with E-state index in [1.807, 2.05) is 0 Å². The quantitative estimate of drug-likeness (QED) is 0.785. The number of aryl methyl sites for hydroxylation is 1. The zero-order valence-corrected chi connectivity index (χ0v) is 12.9. The van der Waals surface area contributed by atoms with Crippen LogP contribution in [0, 0.1) is 12.8 Å². The molecule has 0 N–H and O–H groups in total. The zero-order chi connectivity index (χ0) is 13.0. The van der Waals surface area contributed by atoms with Crippen molar-refractivity contribution in [3.63, 3.8) is 0 Å². The predicted molar refractivity (Wildman–Crippen MR) is 80.6 cm³/mol. The molecule has 18 heavy (non-hydrogen) atoms. The highest BCUT2D eigenvalue weighted by atomic mass is 79.9. The third kappa shape index (κ3) is 3.27. The molecule has 1 aliphatic heterocycles. The van der Waals surface area contributed by atoms with Crippen LogP contribution in [0.15, 0.2) is 18.2 Å². The van der Waals surface area contributed by atoms with Gasteiger partial charge in [0.05, 0.1) is 6.61 Å². The van der Waals surface area contributed by atoms with Gasteiger partial charge < -0.3 is 9.64 Å². The molecule has 0 radical (unpaired) electrons. The molecule has 3 heteroatoms.